The number of methoxy groups -OCH3 is 2. The van der Waals surface area contributed by atoms with E-state index in [0.29, 0.717) is 11.3 Å². The molecule has 0 radical (unpaired) electrons. The lowest BCUT2D eigenvalue weighted by atomic mass is 10.2. The van der Waals surface area contributed by atoms with Crippen LogP contribution in [0.1, 0.15) is 5.56 Å². The van der Waals surface area contributed by atoms with E-state index in [-0.39, 0.29) is 21.2 Å². The van der Waals surface area contributed by atoms with Gasteiger partial charge in [-0.15, -0.1) is 0 Å². The number of nitrogens with one attached hydrogen (secondary N) is 2. The van der Waals surface area contributed by atoms with Crippen molar-refractivity contribution in [3.8, 4) is 11.5 Å². The zero-order valence-corrected chi connectivity index (χ0v) is 16.4. The molecule has 2 aromatic rings. The minimum atomic E-state index is -4.04. The average Bonchev–Trinajstić information content (AvgIpc) is 2.62. The number of anilines is 1. The van der Waals surface area contributed by atoms with E-state index < -0.39 is 20.0 Å². The molecule has 0 spiro atoms. The van der Waals surface area contributed by atoms with E-state index in [2.05, 4.69) is 9.44 Å². The quantitative estimate of drug-likeness (QED) is 0.732. The summed E-state index contributed by atoms with van der Waals surface area (Å²) in [7, 11) is -3.71. The van der Waals surface area contributed by atoms with Crippen LogP contribution in [0.25, 0.3) is 0 Å². The molecule has 0 bridgehead atoms. The molecule has 0 aliphatic heterocycles. The first-order chi connectivity index (χ1) is 12.1. The van der Waals surface area contributed by atoms with Gasteiger partial charge >= 0.3 is 0 Å². The number of hydrogen-bond acceptors (Lipinski definition) is 6. The van der Waals surface area contributed by atoms with Crippen LogP contribution in [0.15, 0.2) is 46.2 Å². The molecule has 0 fully saturated rings. The Hall–Kier alpha value is -2.30. The summed E-state index contributed by atoms with van der Waals surface area (Å²) in [6.07, 6.45) is 0. The summed E-state index contributed by atoms with van der Waals surface area (Å²) >= 11 is 0. The Labute approximate surface area is 153 Å². The monoisotopic (exact) mass is 400 g/mol. The molecule has 0 aliphatic rings. The Morgan fingerprint density at radius 1 is 0.846 bits per heavy atom. The van der Waals surface area contributed by atoms with Crippen molar-refractivity contribution in [1.29, 1.82) is 0 Å². The highest BCUT2D eigenvalue weighted by Gasteiger charge is 2.22. The van der Waals surface area contributed by atoms with Crippen molar-refractivity contribution < 1.29 is 26.3 Å². The van der Waals surface area contributed by atoms with Crippen LogP contribution in [0.4, 0.5) is 5.69 Å². The van der Waals surface area contributed by atoms with Gasteiger partial charge in [-0.05, 0) is 43.8 Å². The molecule has 0 heterocycles. The van der Waals surface area contributed by atoms with Crippen molar-refractivity contribution in [2.45, 2.75) is 16.7 Å². The molecule has 2 aromatic carbocycles. The molecule has 8 nitrogen and oxygen atoms in total. The Morgan fingerprint density at radius 3 is 2.12 bits per heavy atom. The molecule has 0 saturated carbocycles. The maximum Gasteiger partial charge on any atom is 0.265 e. The Kier molecular flexibility index (Phi) is 5.79. The molecular formula is C16H20N2O6S2. The second-order valence-electron chi connectivity index (χ2n) is 5.31. The average molecular weight is 400 g/mol. The molecule has 2 N–H and O–H groups in total. The van der Waals surface area contributed by atoms with E-state index in [9.17, 15) is 16.8 Å². The summed E-state index contributed by atoms with van der Waals surface area (Å²) < 4.78 is 64.4. The fourth-order valence-corrected chi connectivity index (χ4v) is 4.50. The minimum absolute atomic E-state index is 0.0159. The Morgan fingerprint density at radius 2 is 1.54 bits per heavy atom. The molecule has 26 heavy (non-hydrogen) atoms. The van der Waals surface area contributed by atoms with Gasteiger partial charge in [-0.25, -0.2) is 21.6 Å². The molecule has 2 rings (SSSR count). The number of sulfonamides is 2. The summed E-state index contributed by atoms with van der Waals surface area (Å²) in [5, 5.41) is 0. The topological polar surface area (TPSA) is 111 Å². The van der Waals surface area contributed by atoms with Gasteiger partial charge < -0.3 is 9.47 Å². The van der Waals surface area contributed by atoms with Crippen molar-refractivity contribution >= 4 is 25.7 Å². The second-order valence-corrected chi connectivity index (χ2v) is 8.82. The first kappa shape index (κ1) is 20.0. The van der Waals surface area contributed by atoms with E-state index in [1.165, 1.54) is 51.6 Å². The lowest BCUT2D eigenvalue weighted by Crippen LogP contribution is -2.20. The van der Waals surface area contributed by atoms with Crippen LogP contribution < -0.4 is 18.9 Å². The molecule has 10 heteroatoms. The van der Waals surface area contributed by atoms with Gasteiger partial charge in [-0.3, -0.25) is 4.72 Å². The third-order valence-electron chi connectivity index (χ3n) is 3.66. The van der Waals surface area contributed by atoms with Crippen molar-refractivity contribution in [1.82, 2.24) is 4.72 Å². The van der Waals surface area contributed by atoms with Crippen LogP contribution in [0.3, 0.4) is 0 Å². The first-order valence-corrected chi connectivity index (χ1v) is 10.4. The van der Waals surface area contributed by atoms with Gasteiger partial charge in [0, 0.05) is 6.07 Å². The van der Waals surface area contributed by atoms with Gasteiger partial charge in [0.2, 0.25) is 10.0 Å². The summed E-state index contributed by atoms with van der Waals surface area (Å²) in [4.78, 5) is -0.143. The molecule has 0 aromatic heterocycles. The first-order valence-electron chi connectivity index (χ1n) is 7.43. The number of rotatable bonds is 7. The van der Waals surface area contributed by atoms with Gasteiger partial charge in [-0.1, -0.05) is 6.07 Å². The van der Waals surface area contributed by atoms with Crippen LogP contribution >= 0.6 is 0 Å². The smallest absolute Gasteiger partial charge is 0.265 e. The third-order valence-corrected chi connectivity index (χ3v) is 6.62. The maximum absolute atomic E-state index is 12.8. The highest BCUT2D eigenvalue weighted by molar-refractivity contribution is 7.92. The zero-order valence-electron chi connectivity index (χ0n) is 14.7. The standard InChI is InChI=1S/C16H20N2O6S2/c1-11-5-6-12(9-15(11)25(19,20)17-2)18-26(21,22)16-10-13(23-3)7-8-14(16)24-4/h5-10,17-18H,1-4H3. The van der Waals surface area contributed by atoms with Crippen molar-refractivity contribution in [2.75, 3.05) is 26.0 Å². The summed E-state index contributed by atoms with van der Waals surface area (Å²) in [6, 6.07) is 8.62. The van der Waals surface area contributed by atoms with E-state index >= 15 is 0 Å². The van der Waals surface area contributed by atoms with Crippen molar-refractivity contribution in [3.05, 3.63) is 42.0 Å². The predicted octanol–water partition coefficient (Wildman–Crippen LogP) is 1.72. The van der Waals surface area contributed by atoms with Crippen LogP contribution in [0, 0.1) is 6.92 Å². The number of hydrogen-bond donors (Lipinski definition) is 2. The highest BCUT2D eigenvalue weighted by Crippen LogP contribution is 2.30. The second kappa shape index (κ2) is 7.52. The molecule has 0 aliphatic carbocycles. The number of aryl methyl sites for hydroxylation is 1. The molecule has 0 atom stereocenters. The van der Waals surface area contributed by atoms with Gasteiger partial charge in [0.05, 0.1) is 24.8 Å². The van der Waals surface area contributed by atoms with Crippen molar-refractivity contribution in [3.63, 3.8) is 0 Å². The van der Waals surface area contributed by atoms with Crippen LogP contribution in [0.2, 0.25) is 0 Å². The summed E-state index contributed by atoms with van der Waals surface area (Å²) in [5.41, 5.74) is 0.593. The van der Waals surface area contributed by atoms with E-state index in [1.54, 1.807) is 13.0 Å². The number of benzene rings is 2. The number of ether oxygens (including phenoxy) is 2. The van der Waals surface area contributed by atoms with E-state index in [0.717, 1.165) is 0 Å². The molecule has 142 valence electrons. The van der Waals surface area contributed by atoms with Crippen molar-refractivity contribution in [2.24, 2.45) is 0 Å². The lowest BCUT2D eigenvalue weighted by molar-refractivity contribution is 0.392. The Bertz CT molecular complexity index is 1020. The SMILES string of the molecule is CNS(=O)(=O)c1cc(NS(=O)(=O)c2cc(OC)ccc2OC)ccc1C. The van der Waals surface area contributed by atoms with Gasteiger partial charge in [-0.2, -0.15) is 0 Å². The molecule has 0 amide bonds. The maximum atomic E-state index is 12.8. The minimum Gasteiger partial charge on any atom is -0.497 e. The van der Waals surface area contributed by atoms with Gasteiger partial charge in [0.1, 0.15) is 16.4 Å². The fourth-order valence-electron chi connectivity index (χ4n) is 2.27. The van der Waals surface area contributed by atoms with Crippen LogP contribution in [0.5, 0.6) is 11.5 Å². The van der Waals surface area contributed by atoms with Gasteiger partial charge in [0.25, 0.3) is 10.0 Å². The zero-order chi connectivity index (χ0) is 19.5. The lowest BCUT2D eigenvalue weighted by Gasteiger charge is -2.14. The Balaban J connectivity index is 2.50. The molecule has 0 saturated heterocycles. The third kappa shape index (κ3) is 4.09. The van der Waals surface area contributed by atoms with Crippen LogP contribution in [-0.2, 0) is 20.0 Å². The van der Waals surface area contributed by atoms with E-state index in [1.807, 2.05) is 0 Å². The molecular weight excluding hydrogens is 380 g/mol. The normalized spacial score (nSPS) is 11.8. The highest BCUT2D eigenvalue weighted by atomic mass is 32.2. The van der Waals surface area contributed by atoms with E-state index in [4.69, 9.17) is 9.47 Å². The predicted molar refractivity (Wildman–Crippen MR) is 97.8 cm³/mol. The fraction of sp³-hybridized carbons (Fsp3) is 0.250. The van der Waals surface area contributed by atoms with Gasteiger partial charge in [0.15, 0.2) is 0 Å². The summed E-state index contributed by atoms with van der Waals surface area (Å²) in [5.74, 6) is 0.474. The summed E-state index contributed by atoms with van der Waals surface area (Å²) in [6.45, 7) is 1.62. The van der Waals surface area contributed by atoms with Crippen LogP contribution in [-0.4, -0.2) is 38.1 Å². The largest absolute Gasteiger partial charge is 0.497 e. The molecule has 0 unspecified atom stereocenters.